The third-order valence-corrected chi connectivity index (χ3v) is 2.08. The van der Waals surface area contributed by atoms with Crippen LogP contribution in [0.25, 0.3) is 0 Å². The predicted molar refractivity (Wildman–Crippen MR) is 31.5 cm³/mol. The zero-order valence-corrected chi connectivity index (χ0v) is 5.00. The molecule has 1 rings (SSSR count). The van der Waals surface area contributed by atoms with Crippen molar-refractivity contribution in [2.45, 2.75) is 19.3 Å². The summed E-state index contributed by atoms with van der Waals surface area (Å²) < 4.78 is 0. The summed E-state index contributed by atoms with van der Waals surface area (Å²) in [5.74, 6) is 1.12. The fraction of sp³-hybridized carbons (Fsp3) is 0.800. The average Bonchev–Trinajstić information content (AvgIpc) is 1.69. The largest absolute Gasteiger partial charge is 0.376 e. The Morgan fingerprint density at radius 3 is 2.57 bits per heavy atom. The average molecular weight is 117 g/mol. The minimum atomic E-state index is 0.631. The molecule has 0 aromatic rings. The molecule has 41 valence electrons. The van der Waals surface area contributed by atoms with Crippen molar-refractivity contribution >= 4 is 11.8 Å². The van der Waals surface area contributed by atoms with E-state index in [-0.39, 0.29) is 0 Å². The highest BCUT2D eigenvalue weighted by molar-refractivity contribution is 8.01. The molecule has 0 aliphatic carbocycles. The van der Waals surface area contributed by atoms with Crippen LogP contribution in [-0.2, 0) is 0 Å². The Balaban J connectivity index is 2.12. The summed E-state index contributed by atoms with van der Waals surface area (Å²) in [7, 11) is 0. The lowest BCUT2D eigenvalue weighted by molar-refractivity contribution is 0.341. The van der Waals surface area contributed by atoms with Crippen molar-refractivity contribution in [1.29, 1.82) is 0 Å². The third kappa shape index (κ3) is 1.70. The van der Waals surface area contributed by atoms with Crippen molar-refractivity contribution in [2.75, 3.05) is 5.75 Å². The van der Waals surface area contributed by atoms with Crippen LogP contribution in [0.15, 0.2) is 0 Å². The van der Waals surface area contributed by atoms with E-state index in [0.717, 1.165) is 12.2 Å². The molecule has 0 aromatic heterocycles. The number of aliphatic hydroxyl groups is 1. The second-order valence-electron chi connectivity index (χ2n) is 1.70. The maximum absolute atomic E-state index is 8.79. The van der Waals surface area contributed by atoms with E-state index >= 15 is 0 Å². The lowest BCUT2D eigenvalue weighted by atomic mass is 10.2. The van der Waals surface area contributed by atoms with Gasteiger partial charge in [-0.25, -0.2) is 0 Å². The van der Waals surface area contributed by atoms with E-state index in [1.807, 2.05) is 0 Å². The molecule has 0 unspecified atom stereocenters. The Kier molecular flexibility index (Phi) is 2.00. The van der Waals surface area contributed by atoms with Crippen LogP contribution in [0.5, 0.6) is 0 Å². The van der Waals surface area contributed by atoms with Gasteiger partial charge in [0.25, 0.3) is 0 Å². The van der Waals surface area contributed by atoms with Crippen LogP contribution in [0.4, 0.5) is 0 Å². The van der Waals surface area contributed by atoms with Crippen LogP contribution >= 0.6 is 11.8 Å². The van der Waals surface area contributed by atoms with Crippen LogP contribution in [0.2, 0.25) is 0 Å². The van der Waals surface area contributed by atoms with E-state index in [4.69, 9.17) is 5.11 Å². The Bertz CT molecular complexity index is 50.0. The third-order valence-electron chi connectivity index (χ3n) is 1.05. The molecular weight excluding hydrogens is 108 g/mol. The summed E-state index contributed by atoms with van der Waals surface area (Å²) >= 11 is 1.59. The molecule has 1 N–H and O–H groups in total. The molecule has 0 amide bonds. The fourth-order valence-corrected chi connectivity index (χ4v) is 1.51. The quantitative estimate of drug-likeness (QED) is 0.521. The summed E-state index contributed by atoms with van der Waals surface area (Å²) in [5.41, 5.74) is 0.631. The van der Waals surface area contributed by atoms with Gasteiger partial charge in [0.15, 0.2) is 0 Å². The topological polar surface area (TPSA) is 20.2 Å². The van der Waals surface area contributed by atoms with Crippen LogP contribution in [0, 0.1) is 5.44 Å². The molecule has 1 saturated heterocycles. The molecule has 0 spiro atoms. The van der Waals surface area contributed by atoms with E-state index in [1.54, 1.807) is 11.8 Å². The van der Waals surface area contributed by atoms with E-state index < -0.39 is 0 Å². The van der Waals surface area contributed by atoms with Gasteiger partial charge in [-0.2, -0.15) is 0 Å². The molecule has 0 atom stereocenters. The van der Waals surface area contributed by atoms with Crippen molar-refractivity contribution in [3.63, 3.8) is 0 Å². The van der Waals surface area contributed by atoms with Gasteiger partial charge in [-0.1, -0.05) is 0 Å². The molecule has 1 radical (unpaired) electrons. The first-order valence-electron chi connectivity index (χ1n) is 2.57. The van der Waals surface area contributed by atoms with E-state index in [2.05, 4.69) is 0 Å². The molecule has 0 bridgehead atoms. The number of hydrogen-bond donors (Lipinski definition) is 1. The minimum Gasteiger partial charge on any atom is -0.376 e. The second kappa shape index (κ2) is 2.58. The molecular formula is C5H9OS. The number of rotatable bonds is 0. The summed E-state index contributed by atoms with van der Waals surface area (Å²) in [6.07, 6.45) is 3.37. The monoisotopic (exact) mass is 117 g/mol. The van der Waals surface area contributed by atoms with Gasteiger partial charge in [0, 0.05) is 0 Å². The first kappa shape index (κ1) is 5.45. The minimum absolute atomic E-state index is 0.631. The Hall–Kier alpha value is 0.310. The first-order valence-corrected chi connectivity index (χ1v) is 3.56. The predicted octanol–water partition coefficient (Wildman–Crippen LogP) is 1.77. The number of aliphatic hydroxyl groups excluding tert-OH is 1. The van der Waals surface area contributed by atoms with Gasteiger partial charge in [0.2, 0.25) is 0 Å². The van der Waals surface area contributed by atoms with Crippen molar-refractivity contribution in [3.8, 4) is 0 Å². The van der Waals surface area contributed by atoms with Crippen LogP contribution < -0.4 is 0 Å². The second-order valence-corrected chi connectivity index (χ2v) is 2.87. The summed E-state index contributed by atoms with van der Waals surface area (Å²) in [4.78, 5) is 0. The van der Waals surface area contributed by atoms with E-state index in [0.29, 0.717) is 5.44 Å². The van der Waals surface area contributed by atoms with Crippen LogP contribution in [0.1, 0.15) is 19.3 Å². The molecule has 2 heteroatoms. The van der Waals surface area contributed by atoms with E-state index in [9.17, 15) is 0 Å². The molecule has 1 nitrogen and oxygen atoms in total. The molecule has 1 aliphatic rings. The summed E-state index contributed by atoms with van der Waals surface area (Å²) in [6.45, 7) is 0. The normalized spacial score (nSPS) is 25.3. The lowest BCUT2D eigenvalue weighted by Gasteiger charge is -2.12. The Morgan fingerprint density at radius 2 is 2.29 bits per heavy atom. The highest BCUT2D eigenvalue weighted by Crippen LogP contribution is 2.28. The Labute approximate surface area is 48.1 Å². The zero-order valence-electron chi connectivity index (χ0n) is 4.18. The zero-order chi connectivity index (χ0) is 5.11. The van der Waals surface area contributed by atoms with Gasteiger partial charge < -0.3 is 5.11 Å². The van der Waals surface area contributed by atoms with Gasteiger partial charge in [-0.3, -0.25) is 0 Å². The van der Waals surface area contributed by atoms with Gasteiger partial charge >= 0.3 is 0 Å². The summed E-state index contributed by atoms with van der Waals surface area (Å²) in [6, 6.07) is 0. The standard InChI is InChI=1S/C5H9OS/c6-5-3-1-2-4-7-5/h6H,1-4H2. The van der Waals surface area contributed by atoms with E-state index in [1.165, 1.54) is 12.8 Å². The maximum Gasteiger partial charge on any atom is 0.148 e. The molecule has 7 heavy (non-hydrogen) atoms. The molecule has 0 aromatic carbocycles. The van der Waals surface area contributed by atoms with Crippen LogP contribution in [-0.4, -0.2) is 10.9 Å². The lowest BCUT2D eigenvalue weighted by Crippen LogP contribution is -1.98. The van der Waals surface area contributed by atoms with Gasteiger partial charge in [0.1, 0.15) is 5.44 Å². The molecule has 1 fully saturated rings. The van der Waals surface area contributed by atoms with Crippen molar-refractivity contribution in [3.05, 3.63) is 5.44 Å². The van der Waals surface area contributed by atoms with Gasteiger partial charge in [-0.05, 0) is 25.0 Å². The highest BCUT2D eigenvalue weighted by Gasteiger charge is 2.09. The van der Waals surface area contributed by atoms with Gasteiger partial charge in [0.05, 0.1) is 0 Å². The molecule has 1 heterocycles. The van der Waals surface area contributed by atoms with Crippen molar-refractivity contribution < 1.29 is 5.11 Å². The maximum atomic E-state index is 8.79. The molecule has 0 saturated carbocycles. The highest BCUT2D eigenvalue weighted by atomic mass is 32.2. The smallest absolute Gasteiger partial charge is 0.148 e. The molecule has 1 aliphatic heterocycles. The van der Waals surface area contributed by atoms with Crippen LogP contribution in [0.3, 0.4) is 0 Å². The number of hydrogen-bond acceptors (Lipinski definition) is 2. The Morgan fingerprint density at radius 1 is 1.43 bits per heavy atom. The fourth-order valence-electron chi connectivity index (χ4n) is 0.640. The SMILES string of the molecule is O[C]1CCCCS1. The van der Waals surface area contributed by atoms with Crippen molar-refractivity contribution in [2.24, 2.45) is 0 Å². The summed E-state index contributed by atoms with van der Waals surface area (Å²) in [5, 5.41) is 8.79. The van der Waals surface area contributed by atoms with Gasteiger partial charge in [-0.15, -0.1) is 11.8 Å². The number of thioether (sulfide) groups is 1. The van der Waals surface area contributed by atoms with Crippen molar-refractivity contribution in [1.82, 2.24) is 0 Å². The first-order chi connectivity index (χ1) is 3.39.